The fourth-order valence-electron chi connectivity index (χ4n) is 2.40. The highest BCUT2D eigenvalue weighted by atomic mass is 35.5. The molecule has 0 aliphatic heterocycles. The largest absolute Gasteiger partial charge is 0.337 e. The lowest BCUT2D eigenvalue weighted by Gasteiger charge is -2.23. The maximum Gasteiger partial charge on any atom is 0.238 e. The zero-order chi connectivity index (χ0) is 19.1. The highest BCUT2D eigenvalue weighted by Crippen LogP contribution is 2.22. The van der Waals surface area contributed by atoms with Crippen molar-refractivity contribution < 1.29 is 14.0 Å². The van der Waals surface area contributed by atoms with Crippen LogP contribution >= 0.6 is 22.9 Å². The maximum atomic E-state index is 13.1. The van der Waals surface area contributed by atoms with Gasteiger partial charge in [-0.15, -0.1) is 11.3 Å². The van der Waals surface area contributed by atoms with E-state index < -0.39 is 5.82 Å². The van der Waals surface area contributed by atoms with Crippen LogP contribution in [-0.4, -0.2) is 48.3 Å². The van der Waals surface area contributed by atoms with Crippen molar-refractivity contribution in [1.29, 1.82) is 0 Å². The second-order valence-corrected chi connectivity index (χ2v) is 7.64. The van der Waals surface area contributed by atoms with Crippen LogP contribution < -0.4 is 5.32 Å². The third kappa shape index (κ3) is 6.40. The van der Waals surface area contributed by atoms with E-state index in [0.29, 0.717) is 23.1 Å². The molecule has 2 aromatic rings. The number of nitrogens with zero attached hydrogens (tertiary/aromatic N) is 2. The first kappa shape index (κ1) is 20.4. The third-order valence-corrected chi connectivity index (χ3v) is 4.85. The Labute approximate surface area is 161 Å². The van der Waals surface area contributed by atoms with Crippen LogP contribution in [0.25, 0.3) is 0 Å². The summed E-state index contributed by atoms with van der Waals surface area (Å²) in [4.78, 5) is 28.8. The zero-order valence-electron chi connectivity index (χ0n) is 14.7. The number of anilines is 1. The van der Waals surface area contributed by atoms with Gasteiger partial charge >= 0.3 is 0 Å². The van der Waals surface area contributed by atoms with Gasteiger partial charge in [-0.1, -0.05) is 17.7 Å². The van der Waals surface area contributed by atoms with Gasteiger partial charge in [0.1, 0.15) is 5.82 Å². The standard InChI is InChI=1S/C18H21ClFN3O2S/c1-3-23(10-15-7-8-16(19)26-15)18(25)12-22(2)11-17(24)21-14-6-4-5-13(20)9-14/h4-9H,3,10-12H2,1-2H3,(H,21,24). The van der Waals surface area contributed by atoms with Crippen LogP contribution in [0.5, 0.6) is 0 Å². The van der Waals surface area contributed by atoms with Gasteiger partial charge in [0.25, 0.3) is 0 Å². The quantitative estimate of drug-likeness (QED) is 0.742. The first-order valence-electron chi connectivity index (χ1n) is 8.13. The van der Waals surface area contributed by atoms with Crippen LogP contribution in [0.2, 0.25) is 4.34 Å². The minimum absolute atomic E-state index is 0.0324. The van der Waals surface area contributed by atoms with Crippen molar-refractivity contribution >= 4 is 40.4 Å². The molecule has 0 aliphatic rings. The van der Waals surface area contributed by atoms with E-state index in [1.807, 2.05) is 19.1 Å². The van der Waals surface area contributed by atoms with E-state index in [4.69, 9.17) is 11.6 Å². The predicted molar refractivity (Wildman–Crippen MR) is 103 cm³/mol. The van der Waals surface area contributed by atoms with E-state index in [1.165, 1.54) is 29.5 Å². The Morgan fingerprint density at radius 1 is 1.23 bits per heavy atom. The molecular weight excluding hydrogens is 377 g/mol. The van der Waals surface area contributed by atoms with Gasteiger partial charge in [0.15, 0.2) is 0 Å². The Balaban J connectivity index is 1.83. The van der Waals surface area contributed by atoms with Crippen LogP contribution in [-0.2, 0) is 16.1 Å². The second kappa shape index (κ2) is 9.66. The summed E-state index contributed by atoms with van der Waals surface area (Å²) in [6.07, 6.45) is 0. The Hall–Kier alpha value is -1.96. The predicted octanol–water partition coefficient (Wildman–Crippen LogP) is 3.46. The molecule has 0 radical (unpaired) electrons. The molecule has 1 aromatic carbocycles. The molecule has 26 heavy (non-hydrogen) atoms. The van der Waals surface area contributed by atoms with Crippen molar-refractivity contribution in [3.05, 3.63) is 51.4 Å². The summed E-state index contributed by atoms with van der Waals surface area (Å²) in [6, 6.07) is 9.39. The number of thiophene rings is 1. The number of carbonyl (C=O) groups is 2. The lowest BCUT2D eigenvalue weighted by molar-refractivity contribution is -0.132. The van der Waals surface area contributed by atoms with Crippen molar-refractivity contribution in [2.45, 2.75) is 13.5 Å². The topological polar surface area (TPSA) is 52.7 Å². The average molecular weight is 398 g/mol. The van der Waals surface area contributed by atoms with E-state index >= 15 is 0 Å². The molecule has 8 heteroatoms. The minimum atomic E-state index is -0.418. The number of likely N-dealkylation sites (N-methyl/N-ethyl adjacent to an activating group) is 2. The Bertz CT molecular complexity index is 768. The number of amides is 2. The number of hydrogen-bond donors (Lipinski definition) is 1. The molecular formula is C18H21ClFN3O2S. The average Bonchev–Trinajstić information content (AvgIpc) is 2.97. The number of rotatable bonds is 8. The van der Waals surface area contributed by atoms with Crippen LogP contribution in [0.4, 0.5) is 10.1 Å². The van der Waals surface area contributed by atoms with Gasteiger partial charge < -0.3 is 10.2 Å². The number of halogens is 2. The van der Waals surface area contributed by atoms with Gasteiger partial charge in [-0.2, -0.15) is 0 Å². The normalized spacial score (nSPS) is 10.8. The molecule has 2 amide bonds. The van der Waals surface area contributed by atoms with Gasteiger partial charge in [0.2, 0.25) is 11.8 Å². The van der Waals surface area contributed by atoms with Crippen LogP contribution in [0.1, 0.15) is 11.8 Å². The lowest BCUT2D eigenvalue weighted by atomic mass is 10.3. The Morgan fingerprint density at radius 2 is 2.00 bits per heavy atom. The molecule has 0 bridgehead atoms. The molecule has 1 heterocycles. The summed E-state index contributed by atoms with van der Waals surface area (Å²) in [7, 11) is 1.69. The molecule has 0 saturated carbocycles. The molecule has 140 valence electrons. The molecule has 0 spiro atoms. The van der Waals surface area contributed by atoms with E-state index in [2.05, 4.69) is 5.32 Å². The smallest absolute Gasteiger partial charge is 0.238 e. The Kier molecular flexibility index (Phi) is 7.56. The maximum absolute atomic E-state index is 13.1. The number of benzene rings is 1. The number of hydrogen-bond acceptors (Lipinski definition) is 4. The summed E-state index contributed by atoms with van der Waals surface area (Å²) in [6.45, 7) is 3.12. The van der Waals surface area contributed by atoms with E-state index in [9.17, 15) is 14.0 Å². The van der Waals surface area contributed by atoms with E-state index in [0.717, 1.165) is 4.88 Å². The summed E-state index contributed by atoms with van der Waals surface area (Å²) >= 11 is 7.37. The molecule has 0 atom stereocenters. The SMILES string of the molecule is CCN(Cc1ccc(Cl)s1)C(=O)CN(C)CC(=O)Nc1cccc(F)c1. The van der Waals surface area contributed by atoms with Gasteiger partial charge in [0, 0.05) is 17.1 Å². The molecule has 1 N–H and O–H groups in total. The number of nitrogens with one attached hydrogen (secondary N) is 1. The van der Waals surface area contributed by atoms with Crippen molar-refractivity contribution in [2.24, 2.45) is 0 Å². The fourth-order valence-corrected chi connectivity index (χ4v) is 3.50. The second-order valence-electron chi connectivity index (χ2n) is 5.84. The number of carbonyl (C=O) groups excluding carboxylic acids is 2. The van der Waals surface area contributed by atoms with Crippen LogP contribution in [0.3, 0.4) is 0 Å². The third-order valence-electron chi connectivity index (χ3n) is 3.64. The molecule has 0 saturated heterocycles. The minimum Gasteiger partial charge on any atom is -0.337 e. The summed E-state index contributed by atoms with van der Waals surface area (Å²) in [5, 5.41) is 2.61. The van der Waals surface area contributed by atoms with E-state index in [-0.39, 0.29) is 24.9 Å². The first-order valence-corrected chi connectivity index (χ1v) is 9.32. The zero-order valence-corrected chi connectivity index (χ0v) is 16.2. The summed E-state index contributed by atoms with van der Waals surface area (Å²) < 4.78 is 13.8. The highest BCUT2D eigenvalue weighted by molar-refractivity contribution is 7.16. The van der Waals surface area contributed by atoms with Crippen molar-refractivity contribution in [3.63, 3.8) is 0 Å². The summed E-state index contributed by atoms with van der Waals surface area (Å²) in [5.41, 5.74) is 0.388. The molecule has 0 fully saturated rings. The van der Waals surface area contributed by atoms with Crippen LogP contribution in [0, 0.1) is 5.82 Å². The lowest BCUT2D eigenvalue weighted by Crippen LogP contribution is -2.41. The molecule has 0 unspecified atom stereocenters. The van der Waals surface area contributed by atoms with Crippen molar-refractivity contribution in [3.8, 4) is 0 Å². The van der Waals surface area contributed by atoms with Gasteiger partial charge in [-0.3, -0.25) is 14.5 Å². The van der Waals surface area contributed by atoms with Crippen molar-refractivity contribution in [1.82, 2.24) is 9.80 Å². The summed E-state index contributed by atoms with van der Waals surface area (Å²) in [5.74, 6) is -0.796. The van der Waals surface area contributed by atoms with Gasteiger partial charge in [-0.05, 0) is 44.3 Å². The van der Waals surface area contributed by atoms with Gasteiger partial charge in [0.05, 0.1) is 24.0 Å². The van der Waals surface area contributed by atoms with Crippen LogP contribution in [0.15, 0.2) is 36.4 Å². The van der Waals surface area contributed by atoms with Gasteiger partial charge in [-0.25, -0.2) is 4.39 Å². The monoisotopic (exact) mass is 397 g/mol. The molecule has 0 aliphatic carbocycles. The fraction of sp³-hybridized carbons (Fsp3) is 0.333. The molecule has 2 rings (SSSR count). The highest BCUT2D eigenvalue weighted by Gasteiger charge is 2.17. The Morgan fingerprint density at radius 3 is 2.62 bits per heavy atom. The van der Waals surface area contributed by atoms with Crippen molar-refractivity contribution in [2.75, 3.05) is 32.0 Å². The van der Waals surface area contributed by atoms with E-state index in [1.54, 1.807) is 22.9 Å². The first-order chi connectivity index (χ1) is 12.4. The molecule has 1 aromatic heterocycles. The molecule has 5 nitrogen and oxygen atoms in total.